The molecule has 214 valence electrons. The van der Waals surface area contributed by atoms with Crippen molar-refractivity contribution in [3.8, 4) is 0 Å². The third-order valence-electron chi connectivity index (χ3n) is 9.51. The Bertz CT molecular complexity index is 1100. The fourth-order valence-corrected chi connectivity index (χ4v) is 7.12. The van der Waals surface area contributed by atoms with Crippen LogP contribution in [0.15, 0.2) is 18.2 Å². The molecule has 1 aromatic carbocycles. The number of piperidine rings is 1. The van der Waals surface area contributed by atoms with Crippen LogP contribution in [0.1, 0.15) is 68.8 Å². The monoisotopic (exact) mass is 542 g/mol. The molecule has 0 radical (unpaired) electrons. The Morgan fingerprint density at radius 2 is 1.95 bits per heavy atom. The van der Waals surface area contributed by atoms with Gasteiger partial charge in [-0.05, 0) is 68.1 Å². The number of hydrogen-bond donors (Lipinski definition) is 3. The highest BCUT2D eigenvalue weighted by Gasteiger charge is 2.56. The lowest BCUT2D eigenvalue weighted by molar-refractivity contribution is -0.143. The first-order valence-electron chi connectivity index (χ1n) is 14.5. The molecule has 1 aromatic rings. The zero-order valence-corrected chi connectivity index (χ0v) is 23.6. The molecule has 4 atom stereocenters. The molecule has 0 aromatic heterocycles. The maximum absolute atomic E-state index is 14.5. The molecule has 4 fully saturated rings. The van der Waals surface area contributed by atoms with Crippen LogP contribution in [0.2, 0.25) is 0 Å². The average molecular weight is 543 g/mol. The van der Waals surface area contributed by atoms with Crippen molar-refractivity contribution >= 4 is 17.7 Å². The van der Waals surface area contributed by atoms with Crippen LogP contribution in [0.4, 0.5) is 4.39 Å². The number of nitrogens with zero attached hydrogens (tertiary/aromatic N) is 3. The van der Waals surface area contributed by atoms with Crippen LogP contribution in [0.3, 0.4) is 0 Å². The second-order valence-electron chi connectivity index (χ2n) is 12.2. The largest absolute Gasteiger partial charge is 0.341 e. The summed E-state index contributed by atoms with van der Waals surface area (Å²) in [7, 11) is 1.88. The normalized spacial score (nSPS) is 27.7. The van der Waals surface area contributed by atoms with E-state index in [9.17, 15) is 18.8 Å². The number of likely N-dealkylation sites (N-methyl/N-ethyl adjacent to an activating group) is 1. The maximum Gasteiger partial charge on any atom is 0.254 e. The van der Waals surface area contributed by atoms with Crippen molar-refractivity contribution in [2.45, 2.75) is 83.0 Å². The van der Waals surface area contributed by atoms with Crippen LogP contribution >= 0.6 is 0 Å². The van der Waals surface area contributed by atoms with Gasteiger partial charge in [0.1, 0.15) is 17.4 Å². The molecule has 5 rings (SSSR count). The van der Waals surface area contributed by atoms with Crippen LogP contribution in [-0.2, 0) is 16.0 Å². The number of carbonyl (C=O) groups is 3. The van der Waals surface area contributed by atoms with Crippen LogP contribution in [0, 0.1) is 17.7 Å². The number of amides is 3. The van der Waals surface area contributed by atoms with Gasteiger partial charge >= 0.3 is 0 Å². The maximum atomic E-state index is 14.5. The highest BCUT2D eigenvalue weighted by molar-refractivity contribution is 5.98. The molecule has 9 nitrogen and oxygen atoms in total. The predicted octanol–water partition coefficient (Wildman–Crippen LogP) is 1.88. The zero-order valence-electron chi connectivity index (χ0n) is 23.6. The average Bonchev–Trinajstić information content (AvgIpc) is 3.50. The number of nitrogens with one attached hydrogen (secondary N) is 3. The highest BCUT2D eigenvalue weighted by Crippen LogP contribution is 2.41. The Morgan fingerprint density at radius 3 is 2.64 bits per heavy atom. The van der Waals surface area contributed by atoms with Gasteiger partial charge in [-0.1, -0.05) is 26.8 Å². The van der Waals surface area contributed by atoms with Gasteiger partial charge in [-0.25, -0.2) is 4.39 Å². The molecule has 3 unspecified atom stereocenters. The molecule has 3 N–H and O–H groups in total. The molecule has 3 aliphatic heterocycles. The van der Waals surface area contributed by atoms with E-state index < -0.39 is 23.3 Å². The summed E-state index contributed by atoms with van der Waals surface area (Å²) in [5.74, 6) is -0.792. The van der Waals surface area contributed by atoms with Crippen LogP contribution < -0.4 is 16.2 Å². The number of hydrogen-bond acceptors (Lipinski definition) is 6. The number of rotatable bonds is 6. The van der Waals surface area contributed by atoms with E-state index >= 15 is 0 Å². The number of likely N-dealkylation sites (tertiary alicyclic amines) is 1. The third kappa shape index (κ3) is 5.18. The highest BCUT2D eigenvalue weighted by atomic mass is 19.1. The SMILES string of the molecule is CCc1ccc(F)c(C(=O)N[C@@H](C(=O)N2CCC3(CC2)C(=O)N(C)CN3C2CCC3NNCC3C2)C(C)C)c1. The first-order chi connectivity index (χ1) is 18.6. The summed E-state index contributed by atoms with van der Waals surface area (Å²) < 4.78 is 14.5. The molecule has 10 heteroatoms. The summed E-state index contributed by atoms with van der Waals surface area (Å²) in [6.45, 7) is 8.21. The molecule has 0 bridgehead atoms. The molecule has 3 heterocycles. The van der Waals surface area contributed by atoms with E-state index in [1.54, 1.807) is 17.0 Å². The van der Waals surface area contributed by atoms with Gasteiger partial charge in [-0.3, -0.25) is 30.1 Å². The summed E-state index contributed by atoms with van der Waals surface area (Å²) in [6.07, 6.45) is 5.05. The lowest BCUT2D eigenvalue weighted by atomic mass is 9.78. The fourth-order valence-electron chi connectivity index (χ4n) is 7.12. The Hall–Kier alpha value is -2.56. The van der Waals surface area contributed by atoms with Crippen LogP contribution in [0.5, 0.6) is 0 Å². The smallest absolute Gasteiger partial charge is 0.254 e. The molecule has 1 spiro atoms. The van der Waals surface area contributed by atoms with Gasteiger partial charge in [0.15, 0.2) is 0 Å². The number of fused-ring (bicyclic) bond motifs is 1. The molecule has 39 heavy (non-hydrogen) atoms. The molecular weight excluding hydrogens is 499 g/mol. The Morgan fingerprint density at radius 1 is 1.21 bits per heavy atom. The molecule has 1 aliphatic carbocycles. The molecular formula is C29H43FN6O3. The Kier molecular flexibility index (Phi) is 7.99. The van der Waals surface area contributed by atoms with Gasteiger partial charge in [0.05, 0.1) is 12.2 Å². The topological polar surface area (TPSA) is 97.0 Å². The van der Waals surface area contributed by atoms with Gasteiger partial charge in [-0.15, -0.1) is 0 Å². The second kappa shape index (κ2) is 11.1. The number of carbonyl (C=O) groups excluding carboxylic acids is 3. The summed E-state index contributed by atoms with van der Waals surface area (Å²) in [4.78, 5) is 46.3. The second-order valence-corrected chi connectivity index (χ2v) is 12.2. The fraction of sp³-hybridized carbons (Fsp3) is 0.690. The van der Waals surface area contributed by atoms with Crippen molar-refractivity contribution in [2.24, 2.45) is 11.8 Å². The van der Waals surface area contributed by atoms with E-state index in [0.29, 0.717) is 57.0 Å². The number of hydrazine groups is 1. The lowest BCUT2D eigenvalue weighted by Crippen LogP contribution is -2.62. The van der Waals surface area contributed by atoms with Gasteiger partial charge in [0.25, 0.3) is 5.91 Å². The van der Waals surface area contributed by atoms with E-state index in [-0.39, 0.29) is 23.3 Å². The van der Waals surface area contributed by atoms with Gasteiger partial charge in [0, 0.05) is 38.8 Å². The summed E-state index contributed by atoms with van der Waals surface area (Å²) in [6, 6.07) is 4.61. The van der Waals surface area contributed by atoms with Crippen LogP contribution in [-0.4, -0.2) is 89.4 Å². The van der Waals surface area contributed by atoms with Gasteiger partial charge in [-0.2, -0.15) is 0 Å². The van der Waals surface area contributed by atoms with Gasteiger partial charge in [0.2, 0.25) is 11.8 Å². The minimum absolute atomic E-state index is 0.0389. The molecule has 1 saturated carbocycles. The van der Waals surface area contributed by atoms with Crippen molar-refractivity contribution in [1.82, 2.24) is 30.9 Å². The van der Waals surface area contributed by atoms with E-state index in [2.05, 4.69) is 21.1 Å². The Labute approximate surface area is 230 Å². The summed E-state index contributed by atoms with van der Waals surface area (Å²) >= 11 is 0. The van der Waals surface area contributed by atoms with E-state index in [1.165, 1.54) is 6.07 Å². The molecule has 3 saturated heterocycles. The summed E-state index contributed by atoms with van der Waals surface area (Å²) in [5.41, 5.74) is 6.92. The molecule has 4 aliphatic rings. The first kappa shape index (κ1) is 28.0. The number of benzene rings is 1. The number of halogens is 1. The van der Waals surface area contributed by atoms with Crippen molar-refractivity contribution in [1.29, 1.82) is 0 Å². The zero-order chi connectivity index (χ0) is 27.9. The molecule has 3 amide bonds. The van der Waals surface area contributed by atoms with Crippen molar-refractivity contribution in [3.05, 3.63) is 35.1 Å². The minimum Gasteiger partial charge on any atom is -0.341 e. The van der Waals surface area contributed by atoms with E-state index in [0.717, 1.165) is 31.4 Å². The standard InChI is InChI=1S/C29H43FN6O3/c1-5-19-6-8-23(30)22(14-19)26(37)32-25(18(2)3)27(38)35-12-10-29(11-13-35)28(39)34(4)17-36(29)21-7-9-24-20(15-21)16-31-33-24/h6,8,14,18,20-21,24-25,31,33H,5,7,9-13,15-17H2,1-4H3,(H,32,37)/t20?,21?,24?,25-/m1/s1. The third-order valence-corrected chi connectivity index (χ3v) is 9.51. The van der Waals surface area contributed by atoms with Gasteiger partial charge < -0.3 is 15.1 Å². The van der Waals surface area contributed by atoms with Crippen LogP contribution in [0.25, 0.3) is 0 Å². The lowest BCUT2D eigenvalue weighted by Gasteiger charge is -2.47. The van der Waals surface area contributed by atoms with Crippen molar-refractivity contribution in [3.63, 3.8) is 0 Å². The van der Waals surface area contributed by atoms with E-state index in [4.69, 9.17) is 0 Å². The minimum atomic E-state index is -0.771. The summed E-state index contributed by atoms with van der Waals surface area (Å²) in [5, 5.41) is 2.81. The first-order valence-corrected chi connectivity index (χ1v) is 14.5. The van der Waals surface area contributed by atoms with E-state index in [1.807, 2.05) is 32.7 Å². The predicted molar refractivity (Wildman–Crippen MR) is 146 cm³/mol. The Balaban J connectivity index is 1.27. The van der Waals surface area contributed by atoms with Crippen molar-refractivity contribution in [2.75, 3.05) is 33.4 Å². The van der Waals surface area contributed by atoms with Crippen molar-refractivity contribution < 1.29 is 18.8 Å². The number of aryl methyl sites for hydroxylation is 1. The quantitative estimate of drug-likeness (QED) is 0.508.